The van der Waals surface area contributed by atoms with E-state index < -0.39 is 11.5 Å². The van der Waals surface area contributed by atoms with Crippen LogP contribution in [0.1, 0.15) is 32.6 Å². The number of nitrogens with zero attached hydrogens (tertiary/aromatic N) is 2. The smallest absolute Gasteiger partial charge is 0.329 e. The molecule has 1 aliphatic rings. The molecule has 92 valence electrons. The second-order valence-corrected chi connectivity index (χ2v) is 4.80. The maximum absolute atomic E-state index is 11.5. The second kappa shape index (κ2) is 4.69. The Labute approximate surface area is 100 Å². The molecule has 0 aromatic carbocycles. The topological polar surface area (TPSA) is 75.1 Å². The van der Waals surface area contributed by atoms with Gasteiger partial charge in [0.2, 0.25) is 0 Å². The fourth-order valence-electron chi connectivity index (χ4n) is 2.52. The van der Waals surface area contributed by atoms with Crippen molar-refractivity contribution in [2.45, 2.75) is 38.1 Å². The lowest BCUT2D eigenvalue weighted by Gasteiger charge is -2.37. The van der Waals surface area contributed by atoms with Gasteiger partial charge in [-0.15, -0.1) is 0 Å². The quantitative estimate of drug-likeness (QED) is 0.837. The van der Waals surface area contributed by atoms with E-state index in [-0.39, 0.29) is 0 Å². The van der Waals surface area contributed by atoms with Gasteiger partial charge < -0.3 is 10.4 Å². The Balaban J connectivity index is 2.20. The van der Waals surface area contributed by atoms with Crippen LogP contribution in [0.5, 0.6) is 0 Å². The highest BCUT2D eigenvalue weighted by molar-refractivity contribution is 5.82. The van der Waals surface area contributed by atoms with Crippen LogP contribution in [0, 0.1) is 5.92 Å². The molecule has 1 aromatic rings. The fraction of sp³-hybridized carbons (Fsp3) is 0.583. The maximum Gasteiger partial charge on any atom is 0.329 e. The van der Waals surface area contributed by atoms with Gasteiger partial charge in [-0.1, -0.05) is 19.8 Å². The van der Waals surface area contributed by atoms with E-state index in [0.717, 1.165) is 12.8 Å². The van der Waals surface area contributed by atoms with E-state index >= 15 is 0 Å². The van der Waals surface area contributed by atoms with Crippen molar-refractivity contribution in [3.05, 3.63) is 18.6 Å². The van der Waals surface area contributed by atoms with Gasteiger partial charge in [0.25, 0.3) is 0 Å². The first-order chi connectivity index (χ1) is 8.12. The largest absolute Gasteiger partial charge is 0.480 e. The highest BCUT2D eigenvalue weighted by Gasteiger charge is 2.42. The lowest BCUT2D eigenvalue weighted by Crippen LogP contribution is -2.49. The van der Waals surface area contributed by atoms with Crippen LogP contribution in [-0.4, -0.2) is 26.6 Å². The van der Waals surface area contributed by atoms with Crippen LogP contribution < -0.4 is 5.32 Å². The van der Waals surface area contributed by atoms with Gasteiger partial charge in [-0.25, -0.2) is 9.78 Å². The zero-order chi connectivity index (χ0) is 12.3. The van der Waals surface area contributed by atoms with Gasteiger partial charge in [0.1, 0.15) is 11.4 Å². The summed E-state index contributed by atoms with van der Waals surface area (Å²) in [6.45, 7) is 2.09. The number of aliphatic carboxylic acids is 1. The minimum atomic E-state index is -0.881. The van der Waals surface area contributed by atoms with E-state index in [0.29, 0.717) is 24.6 Å². The summed E-state index contributed by atoms with van der Waals surface area (Å²) in [6.07, 6.45) is 8.00. The number of rotatable bonds is 3. The molecule has 0 spiro atoms. The van der Waals surface area contributed by atoms with E-state index in [4.69, 9.17) is 0 Å². The third-order valence-electron chi connectivity index (χ3n) is 3.34. The monoisotopic (exact) mass is 235 g/mol. The van der Waals surface area contributed by atoms with E-state index in [2.05, 4.69) is 22.2 Å². The highest BCUT2D eigenvalue weighted by atomic mass is 16.4. The molecular formula is C12H17N3O2. The number of aromatic nitrogens is 2. The molecule has 2 rings (SSSR count). The number of nitrogens with one attached hydrogen (secondary N) is 1. The molecule has 0 radical (unpaired) electrons. The first kappa shape index (κ1) is 11.8. The Morgan fingerprint density at radius 1 is 1.59 bits per heavy atom. The van der Waals surface area contributed by atoms with Crippen LogP contribution in [0.25, 0.3) is 0 Å². The number of carboxylic acids is 1. The molecule has 5 nitrogen and oxygen atoms in total. The van der Waals surface area contributed by atoms with Crippen LogP contribution in [0.15, 0.2) is 18.6 Å². The zero-order valence-electron chi connectivity index (χ0n) is 9.89. The van der Waals surface area contributed by atoms with Crippen LogP contribution in [0.3, 0.4) is 0 Å². The van der Waals surface area contributed by atoms with Crippen molar-refractivity contribution in [3.8, 4) is 0 Å². The van der Waals surface area contributed by atoms with Crippen LogP contribution in [0.2, 0.25) is 0 Å². The molecule has 2 atom stereocenters. The first-order valence-corrected chi connectivity index (χ1v) is 5.90. The number of hydrogen-bond acceptors (Lipinski definition) is 4. The first-order valence-electron chi connectivity index (χ1n) is 5.90. The van der Waals surface area contributed by atoms with E-state index in [9.17, 15) is 9.90 Å². The summed E-state index contributed by atoms with van der Waals surface area (Å²) in [5, 5.41) is 12.5. The van der Waals surface area contributed by atoms with Crippen LogP contribution in [0.4, 0.5) is 5.82 Å². The molecule has 1 aliphatic carbocycles. The molecule has 1 aromatic heterocycles. The predicted octanol–water partition coefficient (Wildman–Crippen LogP) is 1.92. The van der Waals surface area contributed by atoms with Crippen molar-refractivity contribution in [3.63, 3.8) is 0 Å². The molecule has 5 heteroatoms. The minimum Gasteiger partial charge on any atom is -0.480 e. The molecule has 2 N–H and O–H groups in total. The van der Waals surface area contributed by atoms with Gasteiger partial charge in [0, 0.05) is 12.4 Å². The molecule has 0 aliphatic heterocycles. The Kier molecular flexibility index (Phi) is 3.26. The minimum absolute atomic E-state index is 0.420. The lowest BCUT2D eigenvalue weighted by atomic mass is 9.76. The van der Waals surface area contributed by atoms with Crippen molar-refractivity contribution in [2.75, 3.05) is 5.32 Å². The Morgan fingerprint density at radius 2 is 2.41 bits per heavy atom. The maximum atomic E-state index is 11.5. The fourth-order valence-corrected chi connectivity index (χ4v) is 2.52. The van der Waals surface area contributed by atoms with E-state index in [1.807, 2.05) is 0 Å². The van der Waals surface area contributed by atoms with Gasteiger partial charge in [-0.3, -0.25) is 4.98 Å². The van der Waals surface area contributed by atoms with Crippen molar-refractivity contribution < 1.29 is 9.90 Å². The molecule has 0 bridgehead atoms. The summed E-state index contributed by atoms with van der Waals surface area (Å²) in [7, 11) is 0. The molecule has 2 unspecified atom stereocenters. The number of anilines is 1. The van der Waals surface area contributed by atoms with Gasteiger partial charge in [0.15, 0.2) is 0 Å². The van der Waals surface area contributed by atoms with Gasteiger partial charge in [0.05, 0.1) is 6.20 Å². The molecular weight excluding hydrogens is 218 g/mol. The average Bonchev–Trinajstić information content (AvgIpc) is 2.30. The molecule has 1 saturated carbocycles. The Morgan fingerprint density at radius 3 is 3.00 bits per heavy atom. The predicted molar refractivity (Wildman–Crippen MR) is 63.7 cm³/mol. The van der Waals surface area contributed by atoms with Crippen molar-refractivity contribution in [1.82, 2.24) is 9.97 Å². The third-order valence-corrected chi connectivity index (χ3v) is 3.34. The van der Waals surface area contributed by atoms with Gasteiger partial charge in [-0.05, 0) is 18.8 Å². The van der Waals surface area contributed by atoms with Crippen molar-refractivity contribution in [1.29, 1.82) is 0 Å². The number of carboxylic acid groups (broad SMARTS) is 1. The summed E-state index contributed by atoms with van der Waals surface area (Å²) in [5.74, 6) is 0.155. The molecule has 0 amide bonds. The van der Waals surface area contributed by atoms with Gasteiger partial charge in [-0.2, -0.15) is 0 Å². The van der Waals surface area contributed by atoms with Crippen LogP contribution >= 0.6 is 0 Å². The average molecular weight is 235 g/mol. The SMILES string of the molecule is CC1CCCC(Nc2cnccn2)(C(=O)O)C1. The van der Waals surface area contributed by atoms with E-state index in [1.165, 1.54) is 0 Å². The number of hydrogen-bond donors (Lipinski definition) is 2. The molecule has 1 fully saturated rings. The van der Waals surface area contributed by atoms with Crippen molar-refractivity contribution >= 4 is 11.8 Å². The van der Waals surface area contributed by atoms with E-state index in [1.54, 1.807) is 18.6 Å². The highest BCUT2D eigenvalue weighted by Crippen LogP contribution is 2.34. The van der Waals surface area contributed by atoms with Crippen molar-refractivity contribution in [2.24, 2.45) is 5.92 Å². The summed E-state index contributed by atoms with van der Waals surface area (Å²) in [5.41, 5.74) is -0.881. The normalized spacial score (nSPS) is 28.6. The Hall–Kier alpha value is -1.65. The van der Waals surface area contributed by atoms with Crippen LogP contribution in [-0.2, 0) is 4.79 Å². The number of carbonyl (C=O) groups is 1. The third kappa shape index (κ3) is 2.54. The summed E-state index contributed by atoms with van der Waals surface area (Å²) < 4.78 is 0. The van der Waals surface area contributed by atoms with Gasteiger partial charge >= 0.3 is 5.97 Å². The molecule has 17 heavy (non-hydrogen) atoms. The Bertz CT molecular complexity index is 396. The summed E-state index contributed by atoms with van der Waals surface area (Å²) in [4.78, 5) is 19.5. The standard InChI is InChI=1S/C12H17N3O2/c1-9-3-2-4-12(7-9,11(16)17)15-10-8-13-5-6-14-10/h5-6,8-9H,2-4,7H2,1H3,(H,14,15)(H,16,17). The zero-order valence-corrected chi connectivity index (χ0v) is 9.89. The second-order valence-electron chi connectivity index (χ2n) is 4.80. The summed E-state index contributed by atoms with van der Waals surface area (Å²) >= 11 is 0. The summed E-state index contributed by atoms with van der Waals surface area (Å²) in [6, 6.07) is 0. The lowest BCUT2D eigenvalue weighted by molar-refractivity contribution is -0.144. The molecule has 0 saturated heterocycles. The molecule has 1 heterocycles.